The molecule has 0 spiro atoms. The Morgan fingerprint density at radius 3 is 2.43 bits per heavy atom. The van der Waals surface area contributed by atoms with E-state index < -0.39 is 11.8 Å². The Bertz CT molecular complexity index is 492. The normalized spacial score (nSPS) is 10.9. The van der Waals surface area contributed by atoms with Crippen molar-refractivity contribution in [2.45, 2.75) is 32.7 Å². The number of amides is 1. The third-order valence-electron chi connectivity index (χ3n) is 3.12. The number of carbonyl (C=O) groups excluding carboxylic acids is 1. The zero-order valence-electron chi connectivity index (χ0n) is 12.3. The molecule has 0 aliphatic carbocycles. The third kappa shape index (κ3) is 6.35. The van der Waals surface area contributed by atoms with Crippen LogP contribution in [0.25, 0.3) is 0 Å². The van der Waals surface area contributed by atoms with Crippen LogP contribution in [0.5, 0.6) is 0 Å². The molecule has 21 heavy (non-hydrogen) atoms. The monoisotopic (exact) mass is 296 g/mol. The maximum atomic E-state index is 13.4. The molecular weight excluding hydrogens is 275 g/mol. The second kappa shape index (κ2) is 8.36. The highest BCUT2D eigenvalue weighted by atomic mass is 19.1. The maximum Gasteiger partial charge on any atom is 0.304 e. The van der Waals surface area contributed by atoms with E-state index in [-0.39, 0.29) is 30.5 Å². The number of carboxylic acid groups (broad SMARTS) is 1. The van der Waals surface area contributed by atoms with Crippen molar-refractivity contribution in [1.82, 2.24) is 4.90 Å². The number of carboxylic acids is 1. The number of nitrogens with one attached hydrogen (secondary N) is 1. The van der Waals surface area contributed by atoms with Gasteiger partial charge in [-0.1, -0.05) is 12.1 Å². The van der Waals surface area contributed by atoms with Gasteiger partial charge >= 0.3 is 5.97 Å². The quantitative estimate of drug-likeness (QED) is 0.772. The van der Waals surface area contributed by atoms with Crippen LogP contribution in [0.3, 0.4) is 0 Å². The van der Waals surface area contributed by atoms with E-state index in [1.807, 2.05) is 18.7 Å². The van der Waals surface area contributed by atoms with Gasteiger partial charge < -0.3 is 10.4 Å². The number of rotatable bonds is 8. The Balaban J connectivity index is 2.46. The van der Waals surface area contributed by atoms with E-state index in [0.29, 0.717) is 13.1 Å². The molecule has 0 fully saturated rings. The zero-order chi connectivity index (χ0) is 15.8. The van der Waals surface area contributed by atoms with Gasteiger partial charge in [0.1, 0.15) is 5.82 Å². The molecule has 0 bridgehead atoms. The molecule has 0 unspecified atom stereocenters. The lowest BCUT2D eigenvalue weighted by molar-refractivity contribution is -0.137. The minimum absolute atomic E-state index is 0.0348. The second-order valence-electron chi connectivity index (χ2n) is 5.05. The van der Waals surface area contributed by atoms with E-state index in [1.165, 1.54) is 12.1 Å². The fourth-order valence-corrected chi connectivity index (χ4v) is 1.89. The highest BCUT2D eigenvalue weighted by Gasteiger charge is 2.13. The highest BCUT2D eigenvalue weighted by molar-refractivity contribution is 5.90. The molecule has 2 N–H and O–H groups in total. The van der Waals surface area contributed by atoms with Crippen molar-refractivity contribution in [2.75, 3.05) is 18.4 Å². The predicted molar refractivity (Wildman–Crippen MR) is 78.6 cm³/mol. The summed E-state index contributed by atoms with van der Waals surface area (Å²) in [6.07, 6.45) is 0.221. The lowest BCUT2D eigenvalue weighted by atomic mass is 10.2. The van der Waals surface area contributed by atoms with Gasteiger partial charge in [0.2, 0.25) is 5.91 Å². The van der Waals surface area contributed by atoms with Gasteiger partial charge in [0.05, 0.1) is 12.1 Å². The average Bonchev–Trinajstić information content (AvgIpc) is 2.40. The molecule has 0 aromatic heterocycles. The van der Waals surface area contributed by atoms with Crippen LogP contribution in [0.2, 0.25) is 0 Å². The summed E-state index contributed by atoms with van der Waals surface area (Å²) in [6, 6.07) is 6.12. The van der Waals surface area contributed by atoms with Crippen LogP contribution >= 0.6 is 0 Å². The number of hydrogen-bond donors (Lipinski definition) is 2. The van der Waals surface area contributed by atoms with Gasteiger partial charge in [0, 0.05) is 25.6 Å². The maximum absolute atomic E-state index is 13.4. The molecule has 0 aliphatic heterocycles. The van der Waals surface area contributed by atoms with Crippen LogP contribution in [0.4, 0.5) is 10.1 Å². The van der Waals surface area contributed by atoms with Crippen LogP contribution < -0.4 is 5.32 Å². The zero-order valence-corrected chi connectivity index (χ0v) is 12.3. The molecule has 0 saturated carbocycles. The Hall–Kier alpha value is -1.95. The van der Waals surface area contributed by atoms with Crippen LogP contribution in [0.15, 0.2) is 24.3 Å². The van der Waals surface area contributed by atoms with E-state index in [2.05, 4.69) is 5.32 Å². The molecule has 1 aromatic carbocycles. The van der Waals surface area contributed by atoms with E-state index in [4.69, 9.17) is 5.11 Å². The van der Waals surface area contributed by atoms with Gasteiger partial charge in [0.25, 0.3) is 0 Å². The van der Waals surface area contributed by atoms with Gasteiger partial charge in [0.15, 0.2) is 0 Å². The standard InChI is InChI=1S/C15H21FN2O3/c1-11(2)18(10-8-15(20)21)9-7-14(19)17-13-6-4-3-5-12(13)16/h3-6,11H,7-10H2,1-2H3,(H,17,19)(H,20,21). The minimum Gasteiger partial charge on any atom is -0.481 e. The molecule has 0 aliphatic rings. The molecule has 1 aromatic rings. The number of aliphatic carboxylic acids is 1. The van der Waals surface area contributed by atoms with Gasteiger partial charge in [-0.25, -0.2) is 4.39 Å². The summed E-state index contributed by atoms with van der Waals surface area (Å²) >= 11 is 0. The van der Waals surface area contributed by atoms with Crippen LogP contribution in [-0.4, -0.2) is 41.0 Å². The van der Waals surface area contributed by atoms with Gasteiger partial charge in [-0.05, 0) is 26.0 Å². The van der Waals surface area contributed by atoms with Crippen molar-refractivity contribution in [3.63, 3.8) is 0 Å². The second-order valence-corrected chi connectivity index (χ2v) is 5.05. The van der Waals surface area contributed by atoms with Crippen molar-refractivity contribution in [3.05, 3.63) is 30.1 Å². The number of para-hydroxylation sites is 1. The number of benzene rings is 1. The molecular formula is C15H21FN2O3. The van der Waals surface area contributed by atoms with E-state index in [0.717, 1.165) is 0 Å². The van der Waals surface area contributed by atoms with E-state index in [9.17, 15) is 14.0 Å². The first-order valence-corrected chi connectivity index (χ1v) is 6.90. The average molecular weight is 296 g/mol. The largest absolute Gasteiger partial charge is 0.481 e. The highest BCUT2D eigenvalue weighted by Crippen LogP contribution is 2.12. The summed E-state index contributed by atoms with van der Waals surface area (Å²) in [6.45, 7) is 4.71. The first kappa shape index (κ1) is 17.1. The SMILES string of the molecule is CC(C)N(CCC(=O)O)CCC(=O)Nc1ccccc1F. The lowest BCUT2D eigenvalue weighted by Gasteiger charge is -2.25. The molecule has 1 rings (SSSR count). The lowest BCUT2D eigenvalue weighted by Crippen LogP contribution is -2.35. The molecule has 6 heteroatoms. The minimum atomic E-state index is -0.864. The number of anilines is 1. The van der Waals surface area contributed by atoms with E-state index >= 15 is 0 Å². The molecule has 0 saturated heterocycles. The van der Waals surface area contributed by atoms with Crippen molar-refractivity contribution in [3.8, 4) is 0 Å². The summed E-state index contributed by atoms with van der Waals surface area (Å²) in [5.41, 5.74) is 0.157. The first-order valence-electron chi connectivity index (χ1n) is 6.90. The Labute approximate surface area is 123 Å². The van der Waals surface area contributed by atoms with Crippen molar-refractivity contribution in [1.29, 1.82) is 0 Å². The van der Waals surface area contributed by atoms with Crippen molar-refractivity contribution in [2.24, 2.45) is 0 Å². The molecule has 0 atom stereocenters. The van der Waals surface area contributed by atoms with Gasteiger partial charge in [-0.3, -0.25) is 14.5 Å². The van der Waals surface area contributed by atoms with Gasteiger partial charge in [-0.15, -0.1) is 0 Å². The summed E-state index contributed by atoms with van der Waals surface area (Å²) in [7, 11) is 0. The molecule has 1 amide bonds. The number of carbonyl (C=O) groups is 2. The number of halogens is 1. The topological polar surface area (TPSA) is 69.6 Å². The van der Waals surface area contributed by atoms with Gasteiger partial charge in [-0.2, -0.15) is 0 Å². The van der Waals surface area contributed by atoms with E-state index in [1.54, 1.807) is 12.1 Å². The molecule has 5 nitrogen and oxygen atoms in total. The Kier molecular flexibility index (Phi) is 6.81. The molecule has 116 valence electrons. The summed E-state index contributed by atoms with van der Waals surface area (Å²) in [4.78, 5) is 24.3. The summed E-state index contributed by atoms with van der Waals surface area (Å²) < 4.78 is 13.4. The first-order chi connectivity index (χ1) is 9.90. The van der Waals surface area contributed by atoms with Crippen LogP contribution in [-0.2, 0) is 9.59 Å². The smallest absolute Gasteiger partial charge is 0.304 e. The predicted octanol–water partition coefficient (Wildman–Crippen LogP) is 2.34. The van der Waals surface area contributed by atoms with Crippen molar-refractivity contribution >= 4 is 17.6 Å². The van der Waals surface area contributed by atoms with Crippen LogP contribution in [0.1, 0.15) is 26.7 Å². The molecule has 0 heterocycles. The molecule has 0 radical (unpaired) electrons. The fraction of sp³-hybridized carbons (Fsp3) is 0.467. The Morgan fingerprint density at radius 1 is 1.24 bits per heavy atom. The summed E-state index contributed by atoms with van der Waals surface area (Å²) in [5.74, 6) is -1.63. The number of nitrogens with zero attached hydrogens (tertiary/aromatic N) is 1. The van der Waals surface area contributed by atoms with Crippen LogP contribution in [0, 0.1) is 5.82 Å². The fourth-order valence-electron chi connectivity index (χ4n) is 1.89. The summed E-state index contributed by atoms with van der Waals surface area (Å²) in [5, 5.41) is 11.2. The van der Waals surface area contributed by atoms with Crippen molar-refractivity contribution < 1.29 is 19.1 Å². The number of hydrogen-bond acceptors (Lipinski definition) is 3. The Morgan fingerprint density at radius 2 is 1.86 bits per heavy atom. The third-order valence-corrected chi connectivity index (χ3v) is 3.12.